The van der Waals surface area contributed by atoms with Crippen molar-refractivity contribution >= 4 is 22.2 Å². The number of H-pyrrole nitrogens is 1. The number of carbonyl (C=O) groups excluding carboxylic acids is 1. The summed E-state index contributed by atoms with van der Waals surface area (Å²) < 4.78 is 29.3. The number of halogens is 2. The van der Waals surface area contributed by atoms with Gasteiger partial charge >= 0.3 is 0 Å². The van der Waals surface area contributed by atoms with Crippen molar-refractivity contribution in [2.75, 3.05) is 11.6 Å². The minimum Gasteiger partial charge on any atom is -0.329 e. The number of aromatic amines is 1. The van der Waals surface area contributed by atoms with Crippen LogP contribution in [0.1, 0.15) is 21.5 Å². The van der Waals surface area contributed by atoms with Crippen LogP contribution in [0.4, 0.5) is 14.5 Å². The first-order valence-electron chi connectivity index (χ1n) is 7.67. The molecule has 0 amide bonds. The fraction of sp³-hybridized carbons (Fsp3) is 0.111. The standard InChI is InChI=1S/C18H13F2N3O2/c19-13-8-14-12(5-7-23(14)21)16(20)15(13)17(24)10-2-1-3-11-9(10)4-6-22-18(11)25/h1-4,6,8H,5,7,21H2,(H,22,25). The molecule has 0 atom stereocenters. The zero-order valence-electron chi connectivity index (χ0n) is 13.0. The molecule has 1 aliphatic heterocycles. The number of hydrogen-bond donors (Lipinski definition) is 2. The SMILES string of the molecule is NN1CCc2c1cc(F)c(C(=O)c1cccc3c(=O)[nH]ccc13)c2F. The fourth-order valence-electron chi connectivity index (χ4n) is 3.26. The van der Waals surface area contributed by atoms with Gasteiger partial charge < -0.3 is 9.99 Å². The molecule has 2 aromatic carbocycles. The van der Waals surface area contributed by atoms with Gasteiger partial charge in [-0.3, -0.25) is 9.59 Å². The number of hydrazine groups is 1. The highest BCUT2D eigenvalue weighted by Crippen LogP contribution is 2.33. The van der Waals surface area contributed by atoms with E-state index >= 15 is 0 Å². The normalized spacial score (nSPS) is 13.3. The quantitative estimate of drug-likeness (QED) is 0.554. The molecule has 0 fully saturated rings. The van der Waals surface area contributed by atoms with E-state index in [1.807, 2.05) is 0 Å². The van der Waals surface area contributed by atoms with Crippen LogP contribution in [0.3, 0.4) is 0 Å². The van der Waals surface area contributed by atoms with Gasteiger partial charge in [-0.25, -0.2) is 14.6 Å². The Morgan fingerprint density at radius 1 is 1.20 bits per heavy atom. The van der Waals surface area contributed by atoms with Crippen molar-refractivity contribution in [3.8, 4) is 0 Å². The molecule has 1 aliphatic rings. The van der Waals surface area contributed by atoms with Crippen molar-refractivity contribution in [1.29, 1.82) is 0 Å². The number of pyridine rings is 1. The van der Waals surface area contributed by atoms with Gasteiger partial charge in [-0.05, 0) is 30.0 Å². The van der Waals surface area contributed by atoms with Gasteiger partial charge in [-0.2, -0.15) is 0 Å². The summed E-state index contributed by atoms with van der Waals surface area (Å²) in [6.07, 6.45) is 1.69. The molecule has 0 radical (unpaired) electrons. The number of aromatic nitrogens is 1. The van der Waals surface area contributed by atoms with Crippen molar-refractivity contribution < 1.29 is 13.6 Å². The van der Waals surface area contributed by atoms with Gasteiger partial charge in [0.25, 0.3) is 5.56 Å². The van der Waals surface area contributed by atoms with Crippen LogP contribution in [0.2, 0.25) is 0 Å². The minimum absolute atomic E-state index is 0.0731. The highest BCUT2D eigenvalue weighted by atomic mass is 19.1. The number of benzene rings is 2. The summed E-state index contributed by atoms with van der Waals surface area (Å²) in [6.45, 7) is 0.354. The molecule has 0 saturated heterocycles. The van der Waals surface area contributed by atoms with Crippen molar-refractivity contribution in [3.05, 3.63) is 75.2 Å². The Hall–Kier alpha value is -3.06. The van der Waals surface area contributed by atoms with Crippen LogP contribution in [0, 0.1) is 11.6 Å². The number of nitrogens with two attached hydrogens (primary N) is 1. The zero-order valence-corrected chi connectivity index (χ0v) is 13.0. The predicted molar refractivity (Wildman–Crippen MR) is 89.6 cm³/mol. The first kappa shape index (κ1) is 15.5. The zero-order chi connectivity index (χ0) is 17.7. The third-order valence-electron chi connectivity index (χ3n) is 4.49. The number of fused-ring (bicyclic) bond motifs is 2. The average Bonchev–Trinajstić information content (AvgIpc) is 2.96. The van der Waals surface area contributed by atoms with Gasteiger partial charge in [0.2, 0.25) is 0 Å². The predicted octanol–water partition coefficient (Wildman–Crippen LogP) is 2.27. The second-order valence-corrected chi connectivity index (χ2v) is 5.89. The van der Waals surface area contributed by atoms with Gasteiger partial charge in [0.1, 0.15) is 11.6 Å². The molecule has 25 heavy (non-hydrogen) atoms. The summed E-state index contributed by atoms with van der Waals surface area (Å²) in [5.41, 5.74) is -0.446. The van der Waals surface area contributed by atoms with Crippen molar-refractivity contribution in [3.63, 3.8) is 0 Å². The van der Waals surface area contributed by atoms with Gasteiger partial charge in [0, 0.05) is 29.3 Å². The molecule has 0 unspecified atom stereocenters. The summed E-state index contributed by atoms with van der Waals surface area (Å²) in [4.78, 5) is 27.2. The number of carbonyl (C=O) groups is 1. The van der Waals surface area contributed by atoms with Gasteiger partial charge in [0.05, 0.1) is 11.3 Å². The number of hydrogen-bond acceptors (Lipinski definition) is 4. The maximum absolute atomic E-state index is 14.8. The first-order chi connectivity index (χ1) is 12.0. The molecule has 5 nitrogen and oxygen atoms in total. The van der Waals surface area contributed by atoms with Crippen molar-refractivity contribution in [2.45, 2.75) is 6.42 Å². The van der Waals surface area contributed by atoms with Crippen LogP contribution < -0.4 is 16.4 Å². The van der Waals surface area contributed by atoms with Crippen LogP contribution in [0.25, 0.3) is 10.8 Å². The van der Waals surface area contributed by atoms with E-state index in [1.54, 1.807) is 6.07 Å². The lowest BCUT2D eigenvalue weighted by Gasteiger charge is -2.14. The molecule has 2 heterocycles. The van der Waals surface area contributed by atoms with E-state index in [4.69, 9.17) is 5.84 Å². The average molecular weight is 341 g/mol. The lowest BCUT2D eigenvalue weighted by molar-refractivity contribution is 0.103. The van der Waals surface area contributed by atoms with Crippen LogP contribution in [0.5, 0.6) is 0 Å². The van der Waals surface area contributed by atoms with Gasteiger partial charge in [0.15, 0.2) is 5.78 Å². The number of nitrogens with one attached hydrogen (secondary N) is 1. The van der Waals surface area contributed by atoms with Crippen LogP contribution >= 0.6 is 0 Å². The molecular weight excluding hydrogens is 328 g/mol. The molecule has 0 bridgehead atoms. The van der Waals surface area contributed by atoms with Gasteiger partial charge in [-0.15, -0.1) is 0 Å². The van der Waals surface area contributed by atoms with E-state index in [9.17, 15) is 18.4 Å². The Kier molecular flexibility index (Phi) is 3.40. The fourth-order valence-corrected chi connectivity index (χ4v) is 3.26. The van der Waals surface area contributed by atoms with E-state index in [0.717, 1.165) is 6.07 Å². The number of anilines is 1. The Morgan fingerprint density at radius 3 is 2.80 bits per heavy atom. The summed E-state index contributed by atoms with van der Waals surface area (Å²) in [5, 5.41) is 1.88. The minimum atomic E-state index is -0.972. The van der Waals surface area contributed by atoms with E-state index in [-0.39, 0.29) is 27.8 Å². The van der Waals surface area contributed by atoms with E-state index < -0.39 is 23.0 Å². The van der Waals surface area contributed by atoms with E-state index in [0.29, 0.717) is 18.4 Å². The Morgan fingerprint density at radius 2 is 2.00 bits per heavy atom. The Balaban J connectivity index is 1.95. The number of rotatable bonds is 2. The molecule has 7 heteroatoms. The van der Waals surface area contributed by atoms with Crippen LogP contribution in [-0.4, -0.2) is 17.3 Å². The lowest BCUT2D eigenvalue weighted by Crippen LogP contribution is -2.28. The third kappa shape index (κ3) is 2.24. The van der Waals surface area contributed by atoms with E-state index in [2.05, 4.69) is 4.98 Å². The molecule has 0 spiro atoms. The molecule has 0 aliphatic carbocycles. The first-order valence-corrected chi connectivity index (χ1v) is 7.67. The van der Waals surface area contributed by atoms with Crippen LogP contribution in [-0.2, 0) is 6.42 Å². The largest absolute Gasteiger partial charge is 0.329 e. The highest BCUT2D eigenvalue weighted by Gasteiger charge is 2.29. The molecule has 1 aromatic heterocycles. The summed E-state index contributed by atoms with van der Waals surface area (Å²) >= 11 is 0. The Labute approximate surface area is 140 Å². The smallest absolute Gasteiger partial charge is 0.255 e. The Bertz CT molecular complexity index is 1090. The molecule has 4 rings (SSSR count). The van der Waals surface area contributed by atoms with Crippen LogP contribution in [0.15, 0.2) is 41.3 Å². The lowest BCUT2D eigenvalue weighted by atomic mass is 9.95. The number of nitrogens with zero attached hydrogens (tertiary/aromatic N) is 1. The summed E-state index contributed by atoms with van der Waals surface area (Å²) in [7, 11) is 0. The molecule has 126 valence electrons. The molecular formula is C18H13F2N3O2. The summed E-state index contributed by atoms with van der Waals surface area (Å²) in [5.74, 6) is 3.02. The molecule has 3 aromatic rings. The van der Waals surface area contributed by atoms with Gasteiger partial charge in [-0.1, -0.05) is 12.1 Å². The van der Waals surface area contributed by atoms with Crippen molar-refractivity contribution in [2.24, 2.45) is 5.84 Å². The highest BCUT2D eigenvalue weighted by molar-refractivity contribution is 6.16. The molecule has 0 saturated carbocycles. The summed E-state index contributed by atoms with van der Waals surface area (Å²) in [6, 6.07) is 7.12. The van der Waals surface area contributed by atoms with E-state index in [1.165, 1.54) is 29.4 Å². The second kappa shape index (κ2) is 5.49. The third-order valence-corrected chi connectivity index (χ3v) is 4.49. The topological polar surface area (TPSA) is 79.2 Å². The second-order valence-electron chi connectivity index (χ2n) is 5.89. The maximum atomic E-state index is 14.8. The van der Waals surface area contributed by atoms with Crippen molar-refractivity contribution in [1.82, 2.24) is 4.98 Å². The maximum Gasteiger partial charge on any atom is 0.255 e. The monoisotopic (exact) mass is 341 g/mol. The number of ketones is 1. The molecule has 3 N–H and O–H groups in total.